The molecule has 2 rings (SSSR count). The monoisotopic (exact) mass is 376 g/mol. The molecule has 5 nitrogen and oxygen atoms in total. The van der Waals surface area contributed by atoms with E-state index in [0.29, 0.717) is 23.2 Å². The number of carbonyl (C=O) groups is 1. The molecular formula is C20H29ClN4O. The highest BCUT2D eigenvalue weighted by molar-refractivity contribution is 6.30. The topological polar surface area (TPSA) is 50.2 Å². The Kier molecular flexibility index (Phi) is 7.23. The van der Waals surface area contributed by atoms with E-state index < -0.39 is 0 Å². The van der Waals surface area contributed by atoms with Crippen molar-refractivity contribution in [3.05, 3.63) is 46.7 Å². The molecule has 1 atom stereocenters. The number of amides is 1. The first-order valence-electron chi connectivity index (χ1n) is 9.25. The summed E-state index contributed by atoms with van der Waals surface area (Å²) in [5.74, 6) is 0.0852. The average Bonchev–Trinajstić information content (AvgIpc) is 3.06. The van der Waals surface area contributed by atoms with Gasteiger partial charge in [0.25, 0.3) is 5.91 Å². The maximum absolute atomic E-state index is 12.8. The molecule has 0 spiro atoms. The van der Waals surface area contributed by atoms with E-state index in [1.54, 1.807) is 6.20 Å². The summed E-state index contributed by atoms with van der Waals surface area (Å²) in [7, 11) is 0. The van der Waals surface area contributed by atoms with E-state index in [1.807, 2.05) is 28.9 Å². The van der Waals surface area contributed by atoms with Gasteiger partial charge in [-0.3, -0.25) is 9.69 Å². The number of benzene rings is 1. The van der Waals surface area contributed by atoms with Crippen LogP contribution < -0.4 is 5.32 Å². The van der Waals surface area contributed by atoms with E-state index in [0.717, 1.165) is 24.5 Å². The number of rotatable bonds is 8. The van der Waals surface area contributed by atoms with E-state index in [4.69, 9.17) is 11.6 Å². The van der Waals surface area contributed by atoms with E-state index in [9.17, 15) is 4.79 Å². The molecule has 1 amide bonds. The molecule has 0 saturated carbocycles. The van der Waals surface area contributed by atoms with Crippen molar-refractivity contribution < 1.29 is 4.79 Å². The highest BCUT2D eigenvalue weighted by Gasteiger charge is 2.21. The SMILES string of the molecule is CCN(CC)C(C)CNC(=O)c1cnn(-c2ccc(Cl)cc2)c1C(C)C. The quantitative estimate of drug-likeness (QED) is 0.754. The molecule has 0 bridgehead atoms. The summed E-state index contributed by atoms with van der Waals surface area (Å²) >= 11 is 5.98. The van der Waals surface area contributed by atoms with Gasteiger partial charge in [0.2, 0.25) is 0 Å². The predicted octanol–water partition coefficient (Wildman–Crippen LogP) is 4.11. The van der Waals surface area contributed by atoms with Crippen LogP contribution in [0.5, 0.6) is 0 Å². The number of carbonyl (C=O) groups excluding carboxylic acids is 1. The van der Waals surface area contributed by atoms with Gasteiger partial charge in [-0.25, -0.2) is 4.68 Å². The van der Waals surface area contributed by atoms with Crippen molar-refractivity contribution in [2.45, 2.75) is 46.6 Å². The summed E-state index contributed by atoms with van der Waals surface area (Å²) in [5.41, 5.74) is 2.43. The van der Waals surface area contributed by atoms with Crippen LogP contribution in [-0.2, 0) is 0 Å². The van der Waals surface area contributed by atoms with E-state index >= 15 is 0 Å². The molecule has 0 aliphatic carbocycles. The van der Waals surface area contributed by atoms with Crippen LogP contribution in [0.25, 0.3) is 5.69 Å². The number of halogens is 1. The van der Waals surface area contributed by atoms with Crippen LogP contribution in [0.15, 0.2) is 30.5 Å². The Balaban J connectivity index is 2.21. The lowest BCUT2D eigenvalue weighted by Crippen LogP contribution is -2.42. The van der Waals surface area contributed by atoms with Crippen molar-refractivity contribution in [3.63, 3.8) is 0 Å². The molecule has 0 aliphatic heterocycles. The largest absolute Gasteiger partial charge is 0.350 e. The third-order valence-electron chi connectivity index (χ3n) is 4.66. The summed E-state index contributed by atoms with van der Waals surface area (Å²) in [6, 6.07) is 7.77. The van der Waals surface area contributed by atoms with Crippen molar-refractivity contribution in [3.8, 4) is 5.69 Å². The second-order valence-electron chi connectivity index (χ2n) is 6.77. The molecule has 142 valence electrons. The zero-order valence-corrected chi connectivity index (χ0v) is 17.0. The van der Waals surface area contributed by atoms with Gasteiger partial charge in [0.05, 0.1) is 23.1 Å². The van der Waals surface area contributed by atoms with Gasteiger partial charge in [-0.2, -0.15) is 5.10 Å². The fourth-order valence-corrected chi connectivity index (χ4v) is 3.31. The van der Waals surface area contributed by atoms with Gasteiger partial charge in [0.1, 0.15) is 0 Å². The Morgan fingerprint density at radius 2 is 1.81 bits per heavy atom. The van der Waals surface area contributed by atoms with Gasteiger partial charge in [-0.1, -0.05) is 39.3 Å². The van der Waals surface area contributed by atoms with Crippen LogP contribution in [0.3, 0.4) is 0 Å². The molecule has 26 heavy (non-hydrogen) atoms. The normalized spacial score (nSPS) is 12.6. The highest BCUT2D eigenvalue weighted by Crippen LogP contribution is 2.24. The first kappa shape index (κ1) is 20.5. The summed E-state index contributed by atoms with van der Waals surface area (Å²) < 4.78 is 1.82. The Labute approximate surface area is 161 Å². The first-order valence-corrected chi connectivity index (χ1v) is 9.62. The summed E-state index contributed by atoms with van der Waals surface area (Å²) in [6.07, 6.45) is 1.65. The lowest BCUT2D eigenvalue weighted by molar-refractivity contribution is 0.0936. The van der Waals surface area contributed by atoms with Crippen molar-refractivity contribution in [2.75, 3.05) is 19.6 Å². The maximum atomic E-state index is 12.8. The van der Waals surface area contributed by atoms with Gasteiger partial charge < -0.3 is 5.32 Å². The molecule has 0 aliphatic rings. The standard InChI is InChI=1S/C20H29ClN4O/c1-6-24(7-2)15(5)12-22-20(26)18-13-23-25(19(18)14(3)4)17-10-8-16(21)9-11-17/h8-11,13-15H,6-7,12H2,1-5H3,(H,22,26). The molecule has 1 N–H and O–H groups in total. The average molecular weight is 377 g/mol. The summed E-state index contributed by atoms with van der Waals surface area (Å²) in [4.78, 5) is 15.1. The number of hydrogen-bond acceptors (Lipinski definition) is 3. The molecule has 1 unspecified atom stereocenters. The Morgan fingerprint density at radius 3 is 2.35 bits per heavy atom. The third kappa shape index (κ3) is 4.65. The van der Waals surface area contributed by atoms with Crippen LogP contribution in [0.1, 0.15) is 56.6 Å². The van der Waals surface area contributed by atoms with Crippen LogP contribution in [0.2, 0.25) is 5.02 Å². The highest BCUT2D eigenvalue weighted by atomic mass is 35.5. The number of aromatic nitrogens is 2. The Hall–Kier alpha value is -1.85. The second-order valence-corrected chi connectivity index (χ2v) is 7.20. The van der Waals surface area contributed by atoms with Crippen molar-refractivity contribution in [2.24, 2.45) is 0 Å². The molecule has 0 saturated heterocycles. The minimum Gasteiger partial charge on any atom is -0.350 e. The molecule has 1 aromatic carbocycles. The van der Waals surface area contributed by atoms with E-state index in [1.165, 1.54) is 0 Å². The maximum Gasteiger partial charge on any atom is 0.254 e. The molecule has 6 heteroatoms. The lowest BCUT2D eigenvalue weighted by Gasteiger charge is -2.26. The number of likely N-dealkylation sites (N-methyl/N-ethyl adjacent to an activating group) is 1. The molecule has 1 heterocycles. The van der Waals surface area contributed by atoms with Crippen LogP contribution in [0, 0.1) is 0 Å². The Morgan fingerprint density at radius 1 is 1.19 bits per heavy atom. The molecule has 2 aromatic rings. The second kappa shape index (κ2) is 9.19. The van der Waals surface area contributed by atoms with Gasteiger partial charge in [-0.05, 0) is 50.2 Å². The Bertz CT molecular complexity index is 720. The minimum absolute atomic E-state index is 0.0760. The van der Waals surface area contributed by atoms with Gasteiger partial charge in [-0.15, -0.1) is 0 Å². The van der Waals surface area contributed by atoms with Crippen LogP contribution >= 0.6 is 11.6 Å². The zero-order valence-electron chi connectivity index (χ0n) is 16.3. The van der Waals surface area contributed by atoms with Gasteiger partial charge in [0.15, 0.2) is 0 Å². The zero-order chi connectivity index (χ0) is 19.3. The smallest absolute Gasteiger partial charge is 0.254 e. The number of nitrogens with zero attached hydrogens (tertiary/aromatic N) is 3. The van der Waals surface area contributed by atoms with Crippen molar-refractivity contribution in [1.29, 1.82) is 0 Å². The molecule has 1 aromatic heterocycles. The van der Waals surface area contributed by atoms with Gasteiger partial charge in [0, 0.05) is 17.6 Å². The van der Waals surface area contributed by atoms with Crippen molar-refractivity contribution in [1.82, 2.24) is 20.0 Å². The van der Waals surface area contributed by atoms with Gasteiger partial charge >= 0.3 is 0 Å². The number of nitrogens with one attached hydrogen (secondary N) is 1. The number of hydrogen-bond donors (Lipinski definition) is 1. The third-order valence-corrected chi connectivity index (χ3v) is 4.91. The van der Waals surface area contributed by atoms with E-state index in [2.05, 4.69) is 49.9 Å². The van der Waals surface area contributed by atoms with Crippen molar-refractivity contribution >= 4 is 17.5 Å². The minimum atomic E-state index is -0.0760. The predicted molar refractivity (Wildman–Crippen MR) is 107 cm³/mol. The molecule has 0 radical (unpaired) electrons. The molecular weight excluding hydrogens is 348 g/mol. The lowest BCUT2D eigenvalue weighted by atomic mass is 10.0. The fraction of sp³-hybridized carbons (Fsp3) is 0.500. The van der Waals surface area contributed by atoms with E-state index in [-0.39, 0.29) is 11.8 Å². The van der Waals surface area contributed by atoms with Crippen LogP contribution in [0.4, 0.5) is 0 Å². The fourth-order valence-electron chi connectivity index (χ4n) is 3.19. The molecule has 0 fully saturated rings. The first-order chi connectivity index (χ1) is 12.4. The van der Waals surface area contributed by atoms with Crippen LogP contribution in [-0.4, -0.2) is 46.3 Å². The summed E-state index contributed by atoms with van der Waals surface area (Å²) in [6.45, 7) is 13.1. The summed E-state index contributed by atoms with van der Waals surface area (Å²) in [5, 5.41) is 8.19.